The average molecular weight is 196 g/mol. The van der Waals surface area contributed by atoms with Crippen molar-refractivity contribution in [2.75, 3.05) is 18.5 Å². The van der Waals surface area contributed by atoms with Crippen molar-refractivity contribution in [1.29, 1.82) is 0 Å². The molecule has 3 heteroatoms. The van der Waals surface area contributed by atoms with Crippen LogP contribution >= 0.6 is 0 Å². The zero-order valence-corrected chi connectivity index (χ0v) is 7.05. The predicted molar refractivity (Wildman–Crippen MR) is 42.0 cm³/mol. The Hall–Kier alpha value is -0.526. The van der Waals surface area contributed by atoms with Gasteiger partial charge in [-0.1, -0.05) is 18.2 Å². The summed E-state index contributed by atoms with van der Waals surface area (Å²) >= 11 is 0. The molecular formula is C8H11NNiO. The molecule has 0 fully saturated rings. The molecule has 1 aromatic carbocycles. The zero-order valence-electron chi connectivity index (χ0n) is 6.06. The molecule has 11 heavy (non-hydrogen) atoms. The van der Waals surface area contributed by atoms with Gasteiger partial charge < -0.3 is 10.4 Å². The Morgan fingerprint density at radius 1 is 1.18 bits per heavy atom. The maximum Gasteiger partial charge on any atom is 0.0604 e. The fourth-order valence-corrected chi connectivity index (χ4v) is 0.756. The Labute approximate surface area is 76.6 Å². The molecular weight excluding hydrogens is 185 g/mol. The van der Waals surface area contributed by atoms with Gasteiger partial charge in [0.2, 0.25) is 0 Å². The van der Waals surface area contributed by atoms with Crippen molar-refractivity contribution < 1.29 is 21.6 Å². The van der Waals surface area contributed by atoms with Crippen molar-refractivity contribution in [3.63, 3.8) is 0 Å². The minimum Gasteiger partial charge on any atom is -0.395 e. The summed E-state index contributed by atoms with van der Waals surface area (Å²) in [4.78, 5) is 0. The summed E-state index contributed by atoms with van der Waals surface area (Å²) in [6, 6.07) is 9.81. The topological polar surface area (TPSA) is 32.3 Å². The van der Waals surface area contributed by atoms with E-state index in [0.717, 1.165) is 5.69 Å². The molecule has 64 valence electrons. The third-order valence-corrected chi connectivity index (χ3v) is 1.21. The SMILES string of the molecule is OCCNc1ccccc1.[Ni]. The zero-order chi connectivity index (χ0) is 7.23. The van der Waals surface area contributed by atoms with E-state index in [0.29, 0.717) is 6.54 Å². The molecule has 0 amide bonds. The first-order valence-electron chi connectivity index (χ1n) is 3.33. The molecule has 0 unspecified atom stereocenters. The molecule has 1 rings (SSSR count). The molecule has 0 saturated carbocycles. The number of aliphatic hydroxyl groups is 1. The first-order chi connectivity index (χ1) is 4.93. The molecule has 0 aromatic heterocycles. The van der Waals surface area contributed by atoms with Gasteiger partial charge >= 0.3 is 0 Å². The summed E-state index contributed by atoms with van der Waals surface area (Å²) in [5, 5.41) is 11.5. The van der Waals surface area contributed by atoms with Gasteiger partial charge in [-0.15, -0.1) is 0 Å². The quantitative estimate of drug-likeness (QED) is 0.709. The minimum absolute atomic E-state index is 0. The van der Waals surface area contributed by atoms with Crippen LogP contribution in [0.3, 0.4) is 0 Å². The van der Waals surface area contributed by atoms with Gasteiger partial charge in [0.15, 0.2) is 0 Å². The molecule has 0 radical (unpaired) electrons. The van der Waals surface area contributed by atoms with Gasteiger partial charge in [0.25, 0.3) is 0 Å². The van der Waals surface area contributed by atoms with Gasteiger partial charge in [-0.3, -0.25) is 0 Å². The van der Waals surface area contributed by atoms with Gasteiger partial charge in [-0.2, -0.15) is 0 Å². The van der Waals surface area contributed by atoms with Gasteiger partial charge in [-0.25, -0.2) is 0 Å². The van der Waals surface area contributed by atoms with Gasteiger partial charge in [0.05, 0.1) is 6.61 Å². The second-order valence-corrected chi connectivity index (χ2v) is 2.02. The van der Waals surface area contributed by atoms with Crippen LogP contribution in [-0.4, -0.2) is 18.3 Å². The maximum atomic E-state index is 8.47. The molecule has 0 saturated heterocycles. The third-order valence-electron chi connectivity index (χ3n) is 1.21. The molecule has 0 atom stereocenters. The average Bonchev–Trinajstić information content (AvgIpc) is 2.03. The van der Waals surface area contributed by atoms with Crippen LogP contribution in [0, 0.1) is 0 Å². The number of hydrogen-bond acceptors (Lipinski definition) is 2. The summed E-state index contributed by atoms with van der Waals surface area (Å²) in [6.45, 7) is 0.791. The summed E-state index contributed by atoms with van der Waals surface area (Å²) in [7, 11) is 0. The van der Waals surface area contributed by atoms with Crippen molar-refractivity contribution >= 4 is 5.69 Å². The van der Waals surface area contributed by atoms with E-state index < -0.39 is 0 Å². The minimum atomic E-state index is 0. The number of para-hydroxylation sites is 1. The van der Waals surface area contributed by atoms with Crippen LogP contribution < -0.4 is 5.32 Å². The van der Waals surface area contributed by atoms with Crippen molar-refractivity contribution in [2.45, 2.75) is 0 Å². The number of nitrogens with one attached hydrogen (secondary N) is 1. The Balaban J connectivity index is 0.000001000. The van der Waals surface area contributed by atoms with E-state index in [9.17, 15) is 0 Å². The Morgan fingerprint density at radius 3 is 2.36 bits per heavy atom. The van der Waals surface area contributed by atoms with E-state index in [2.05, 4.69) is 5.32 Å². The van der Waals surface area contributed by atoms with Crippen LogP contribution in [0.5, 0.6) is 0 Å². The van der Waals surface area contributed by atoms with E-state index in [1.807, 2.05) is 30.3 Å². The van der Waals surface area contributed by atoms with Crippen molar-refractivity contribution in [3.05, 3.63) is 30.3 Å². The van der Waals surface area contributed by atoms with Gasteiger partial charge in [0, 0.05) is 28.7 Å². The Morgan fingerprint density at radius 2 is 1.82 bits per heavy atom. The third kappa shape index (κ3) is 4.02. The maximum absolute atomic E-state index is 8.47. The molecule has 0 aliphatic rings. The molecule has 0 heterocycles. The number of benzene rings is 1. The molecule has 0 aliphatic heterocycles. The monoisotopic (exact) mass is 195 g/mol. The molecule has 0 spiro atoms. The van der Waals surface area contributed by atoms with E-state index in [1.54, 1.807) is 0 Å². The van der Waals surface area contributed by atoms with Gasteiger partial charge in [0.1, 0.15) is 0 Å². The largest absolute Gasteiger partial charge is 0.395 e. The second-order valence-electron chi connectivity index (χ2n) is 2.02. The second kappa shape index (κ2) is 6.20. The van der Waals surface area contributed by atoms with Crippen LogP contribution in [0.2, 0.25) is 0 Å². The van der Waals surface area contributed by atoms with Crippen LogP contribution in [-0.2, 0) is 16.5 Å². The summed E-state index contributed by atoms with van der Waals surface area (Å²) in [5.74, 6) is 0. The fraction of sp³-hybridized carbons (Fsp3) is 0.250. The van der Waals surface area contributed by atoms with Gasteiger partial charge in [-0.05, 0) is 12.1 Å². The summed E-state index contributed by atoms with van der Waals surface area (Å²) in [6.07, 6.45) is 0. The number of aliphatic hydroxyl groups excluding tert-OH is 1. The standard InChI is InChI=1S/C8H11NO.Ni/c10-7-6-9-8-4-2-1-3-5-8;/h1-5,9-10H,6-7H2;. The van der Waals surface area contributed by atoms with Crippen LogP contribution in [0.25, 0.3) is 0 Å². The number of hydrogen-bond donors (Lipinski definition) is 2. The van der Waals surface area contributed by atoms with Crippen LogP contribution in [0.1, 0.15) is 0 Å². The van der Waals surface area contributed by atoms with E-state index in [4.69, 9.17) is 5.11 Å². The fourth-order valence-electron chi connectivity index (χ4n) is 0.756. The van der Waals surface area contributed by atoms with Crippen LogP contribution in [0.4, 0.5) is 5.69 Å². The summed E-state index contributed by atoms with van der Waals surface area (Å²) in [5.41, 5.74) is 1.05. The first kappa shape index (κ1) is 10.5. The Bertz CT molecular complexity index is 179. The molecule has 0 aliphatic carbocycles. The van der Waals surface area contributed by atoms with E-state index >= 15 is 0 Å². The smallest absolute Gasteiger partial charge is 0.0604 e. The van der Waals surface area contributed by atoms with Crippen molar-refractivity contribution in [3.8, 4) is 0 Å². The Kier molecular flexibility index (Phi) is 5.90. The molecule has 2 N–H and O–H groups in total. The van der Waals surface area contributed by atoms with E-state index in [-0.39, 0.29) is 23.1 Å². The van der Waals surface area contributed by atoms with Crippen molar-refractivity contribution in [1.82, 2.24) is 0 Å². The van der Waals surface area contributed by atoms with E-state index in [1.165, 1.54) is 0 Å². The summed E-state index contributed by atoms with van der Waals surface area (Å²) < 4.78 is 0. The number of anilines is 1. The number of rotatable bonds is 3. The molecule has 0 bridgehead atoms. The van der Waals surface area contributed by atoms with Crippen molar-refractivity contribution in [2.24, 2.45) is 0 Å². The molecule has 1 aromatic rings. The predicted octanol–water partition coefficient (Wildman–Crippen LogP) is 1.09. The molecule has 2 nitrogen and oxygen atoms in total. The van der Waals surface area contributed by atoms with Crippen LogP contribution in [0.15, 0.2) is 30.3 Å². The first-order valence-corrected chi connectivity index (χ1v) is 3.33. The normalized spacial score (nSPS) is 8.45.